The SMILES string of the molecule is Cc1sc2nc(SC(C)C(=O)Nc3ccccc3C#N)n(C(C)C)c(=O)c2c1C. The van der Waals surface area contributed by atoms with Gasteiger partial charge in [-0.1, -0.05) is 23.9 Å². The van der Waals surface area contributed by atoms with Gasteiger partial charge in [0.05, 0.1) is 21.9 Å². The highest BCUT2D eigenvalue weighted by atomic mass is 32.2. The molecule has 150 valence electrons. The summed E-state index contributed by atoms with van der Waals surface area (Å²) < 4.78 is 1.65. The van der Waals surface area contributed by atoms with Crippen LogP contribution < -0.4 is 10.9 Å². The lowest BCUT2D eigenvalue weighted by atomic mass is 10.2. The Bertz CT molecular complexity index is 1190. The zero-order valence-corrected chi connectivity index (χ0v) is 18.6. The van der Waals surface area contributed by atoms with Crippen molar-refractivity contribution in [2.45, 2.75) is 51.1 Å². The second-order valence-corrected chi connectivity index (χ2v) is 9.54. The maximum atomic E-state index is 13.1. The van der Waals surface area contributed by atoms with Crippen molar-refractivity contribution in [2.75, 3.05) is 5.32 Å². The van der Waals surface area contributed by atoms with E-state index >= 15 is 0 Å². The number of anilines is 1. The summed E-state index contributed by atoms with van der Waals surface area (Å²) in [7, 11) is 0. The van der Waals surface area contributed by atoms with Gasteiger partial charge in [-0.3, -0.25) is 14.2 Å². The highest BCUT2D eigenvalue weighted by Crippen LogP contribution is 2.31. The molecule has 29 heavy (non-hydrogen) atoms. The maximum Gasteiger partial charge on any atom is 0.263 e. The highest BCUT2D eigenvalue weighted by Gasteiger charge is 2.23. The number of carbonyl (C=O) groups is 1. The molecular formula is C21H22N4O2S2. The van der Waals surface area contributed by atoms with E-state index in [9.17, 15) is 14.9 Å². The van der Waals surface area contributed by atoms with E-state index in [0.717, 1.165) is 10.4 Å². The molecule has 0 radical (unpaired) electrons. The predicted molar refractivity (Wildman–Crippen MR) is 119 cm³/mol. The minimum Gasteiger partial charge on any atom is -0.324 e. The standard InChI is InChI=1S/C21H22N4O2S2/c1-11(2)25-20(27)17-12(3)13(4)28-19(17)24-21(25)29-14(5)18(26)23-16-9-7-6-8-15(16)10-22/h6-9,11,14H,1-5H3,(H,23,26). The molecule has 0 saturated heterocycles. The Kier molecular flexibility index (Phi) is 6.10. The number of rotatable bonds is 5. The number of thiophene rings is 1. The smallest absolute Gasteiger partial charge is 0.263 e. The van der Waals surface area contributed by atoms with Crippen LogP contribution >= 0.6 is 23.1 Å². The van der Waals surface area contributed by atoms with Crippen LogP contribution in [0.3, 0.4) is 0 Å². The second kappa shape index (κ2) is 8.39. The van der Waals surface area contributed by atoms with Crippen LogP contribution in [-0.4, -0.2) is 20.7 Å². The Hall–Kier alpha value is -2.63. The molecule has 8 heteroatoms. The number of hydrogen-bond acceptors (Lipinski definition) is 6. The lowest BCUT2D eigenvalue weighted by molar-refractivity contribution is -0.115. The van der Waals surface area contributed by atoms with Crippen molar-refractivity contribution in [1.29, 1.82) is 5.26 Å². The minimum absolute atomic E-state index is 0.0724. The van der Waals surface area contributed by atoms with Crippen LogP contribution in [-0.2, 0) is 4.79 Å². The van der Waals surface area contributed by atoms with Crippen molar-refractivity contribution in [3.05, 3.63) is 50.6 Å². The minimum atomic E-state index is -0.502. The van der Waals surface area contributed by atoms with Crippen LogP contribution in [0.4, 0.5) is 5.69 Å². The lowest BCUT2D eigenvalue weighted by Gasteiger charge is -2.18. The highest BCUT2D eigenvalue weighted by molar-refractivity contribution is 8.00. The number of hydrogen-bond donors (Lipinski definition) is 1. The van der Waals surface area contributed by atoms with Crippen molar-refractivity contribution >= 4 is 44.9 Å². The second-order valence-electron chi connectivity index (χ2n) is 7.03. The average Bonchev–Trinajstić information content (AvgIpc) is 2.95. The van der Waals surface area contributed by atoms with E-state index in [2.05, 4.69) is 11.4 Å². The van der Waals surface area contributed by atoms with Gasteiger partial charge >= 0.3 is 0 Å². The molecule has 0 spiro atoms. The summed E-state index contributed by atoms with van der Waals surface area (Å²) in [5, 5.41) is 12.7. The Morgan fingerprint density at radius 1 is 1.28 bits per heavy atom. The summed E-state index contributed by atoms with van der Waals surface area (Å²) in [6.45, 7) is 9.55. The van der Waals surface area contributed by atoms with Gasteiger partial charge in [-0.05, 0) is 52.3 Å². The van der Waals surface area contributed by atoms with Gasteiger partial charge in [-0.15, -0.1) is 11.3 Å². The largest absolute Gasteiger partial charge is 0.324 e. The first-order valence-electron chi connectivity index (χ1n) is 9.23. The molecule has 0 saturated carbocycles. The van der Waals surface area contributed by atoms with E-state index in [0.29, 0.717) is 26.6 Å². The summed E-state index contributed by atoms with van der Waals surface area (Å²) in [5.74, 6) is -0.249. The summed E-state index contributed by atoms with van der Waals surface area (Å²) in [4.78, 5) is 32.3. The molecule has 3 rings (SSSR count). The number of nitrogens with zero attached hydrogens (tertiary/aromatic N) is 3. The molecule has 0 aliphatic carbocycles. The van der Waals surface area contributed by atoms with Crippen molar-refractivity contribution in [3.63, 3.8) is 0 Å². The summed E-state index contributed by atoms with van der Waals surface area (Å²) in [6, 6.07) is 8.84. The van der Waals surface area contributed by atoms with Crippen LogP contribution in [0.25, 0.3) is 10.2 Å². The fourth-order valence-corrected chi connectivity index (χ4v) is 5.07. The van der Waals surface area contributed by atoms with Gasteiger partial charge in [0.25, 0.3) is 5.56 Å². The number of nitriles is 1. The number of amides is 1. The molecule has 3 aromatic rings. The van der Waals surface area contributed by atoms with E-state index in [4.69, 9.17) is 4.98 Å². The van der Waals surface area contributed by atoms with E-state index in [-0.39, 0.29) is 17.5 Å². The monoisotopic (exact) mass is 426 g/mol. The normalized spacial score (nSPS) is 12.2. The molecule has 2 aromatic heterocycles. The molecule has 1 atom stereocenters. The lowest BCUT2D eigenvalue weighted by Crippen LogP contribution is -2.28. The molecule has 0 fully saturated rings. The number of aryl methyl sites for hydroxylation is 2. The first-order valence-corrected chi connectivity index (χ1v) is 10.9. The first kappa shape index (κ1) is 21.1. The van der Waals surface area contributed by atoms with E-state index in [1.54, 1.807) is 35.8 Å². The zero-order valence-electron chi connectivity index (χ0n) is 16.9. The van der Waals surface area contributed by atoms with E-state index in [1.807, 2.05) is 27.7 Å². The van der Waals surface area contributed by atoms with Gasteiger partial charge in [0.1, 0.15) is 10.9 Å². The molecule has 1 N–H and O–H groups in total. The molecule has 0 aliphatic heterocycles. The Labute approximate surface area is 177 Å². The number of nitrogens with one attached hydrogen (secondary N) is 1. The third kappa shape index (κ3) is 4.07. The first-order chi connectivity index (χ1) is 13.7. The van der Waals surface area contributed by atoms with Gasteiger partial charge in [-0.25, -0.2) is 4.98 Å². The van der Waals surface area contributed by atoms with Gasteiger partial charge in [0, 0.05) is 10.9 Å². The fourth-order valence-electron chi connectivity index (χ4n) is 2.96. The van der Waals surface area contributed by atoms with E-state index < -0.39 is 5.25 Å². The fraction of sp³-hybridized carbons (Fsp3) is 0.333. The number of fused-ring (bicyclic) bond motifs is 1. The average molecular weight is 427 g/mol. The van der Waals surface area contributed by atoms with Crippen LogP contribution in [0.5, 0.6) is 0 Å². The molecule has 1 amide bonds. The Morgan fingerprint density at radius 2 is 1.97 bits per heavy atom. The molecular weight excluding hydrogens is 404 g/mol. The summed E-state index contributed by atoms with van der Waals surface area (Å²) in [5.41, 5.74) is 1.77. The molecule has 6 nitrogen and oxygen atoms in total. The number of carbonyl (C=O) groups excluding carboxylic acids is 1. The topological polar surface area (TPSA) is 87.8 Å². The summed E-state index contributed by atoms with van der Waals surface area (Å²) in [6.07, 6.45) is 0. The summed E-state index contributed by atoms with van der Waals surface area (Å²) >= 11 is 2.74. The number of benzene rings is 1. The van der Waals surface area contributed by atoms with Gasteiger partial charge in [0.15, 0.2) is 5.16 Å². The number of thioether (sulfide) groups is 1. The van der Waals surface area contributed by atoms with Crippen LogP contribution in [0.1, 0.15) is 42.8 Å². The van der Waals surface area contributed by atoms with E-state index in [1.165, 1.54) is 23.1 Å². The molecule has 1 aromatic carbocycles. The van der Waals surface area contributed by atoms with Crippen molar-refractivity contribution in [1.82, 2.24) is 9.55 Å². The number of para-hydroxylation sites is 1. The van der Waals surface area contributed by atoms with Crippen LogP contribution in [0.15, 0.2) is 34.2 Å². The van der Waals surface area contributed by atoms with Crippen molar-refractivity contribution in [3.8, 4) is 6.07 Å². The van der Waals surface area contributed by atoms with Gasteiger partial charge in [-0.2, -0.15) is 5.26 Å². The molecule has 0 bridgehead atoms. The van der Waals surface area contributed by atoms with Crippen molar-refractivity contribution < 1.29 is 4.79 Å². The Morgan fingerprint density at radius 3 is 2.62 bits per heavy atom. The third-order valence-electron chi connectivity index (χ3n) is 4.68. The molecule has 0 aliphatic rings. The quantitative estimate of drug-likeness (QED) is 0.474. The third-order valence-corrected chi connectivity index (χ3v) is 6.84. The maximum absolute atomic E-state index is 13.1. The predicted octanol–water partition coefficient (Wildman–Crippen LogP) is 4.65. The van der Waals surface area contributed by atoms with Gasteiger partial charge in [0.2, 0.25) is 5.91 Å². The molecule has 1 unspecified atom stereocenters. The zero-order chi connectivity index (χ0) is 21.3. The molecule has 2 heterocycles. The van der Waals surface area contributed by atoms with Crippen molar-refractivity contribution in [2.24, 2.45) is 0 Å². The van der Waals surface area contributed by atoms with Crippen LogP contribution in [0.2, 0.25) is 0 Å². The Balaban J connectivity index is 1.94. The number of aromatic nitrogens is 2. The van der Waals surface area contributed by atoms with Gasteiger partial charge < -0.3 is 5.32 Å². The van der Waals surface area contributed by atoms with Crippen LogP contribution in [0, 0.1) is 25.2 Å².